The second kappa shape index (κ2) is 6.02. The molecule has 1 unspecified atom stereocenters. The third-order valence-corrected chi connectivity index (χ3v) is 5.63. The van der Waals surface area contributed by atoms with Crippen LogP contribution in [0.5, 0.6) is 0 Å². The molecule has 0 aromatic heterocycles. The van der Waals surface area contributed by atoms with Crippen LogP contribution < -0.4 is 10.9 Å². The van der Waals surface area contributed by atoms with Crippen LogP contribution in [0.3, 0.4) is 0 Å². The molecule has 0 spiro atoms. The summed E-state index contributed by atoms with van der Waals surface area (Å²) in [7, 11) is 0. The number of esters is 1. The molecule has 1 atom stereocenters. The molecule has 0 amide bonds. The maximum atomic E-state index is 11.8. The Balaban J connectivity index is 1.54. The van der Waals surface area contributed by atoms with Crippen LogP contribution in [0.25, 0.3) is 0 Å². The molecule has 4 fully saturated rings. The lowest BCUT2D eigenvalue weighted by Gasteiger charge is -2.54. The Morgan fingerprint density at radius 2 is 1.70 bits per heavy atom. The molecule has 0 radical (unpaired) electrons. The lowest BCUT2D eigenvalue weighted by atomic mass is 9.54. The van der Waals surface area contributed by atoms with E-state index >= 15 is 0 Å². The van der Waals surface area contributed by atoms with Gasteiger partial charge in [0.15, 0.2) is 0 Å². The number of carbonyl (C=O) groups excluding carboxylic acids is 1. The van der Waals surface area contributed by atoms with E-state index < -0.39 is 0 Å². The topological polar surface area (TPSA) is 50.4 Å². The average Bonchev–Trinajstić information content (AvgIpc) is 2.41. The molecule has 2 N–H and O–H groups in total. The maximum Gasteiger partial charge on any atom is 0.324 e. The minimum atomic E-state index is -0.216. The summed E-state index contributed by atoms with van der Waals surface area (Å²) in [5.74, 6) is 3.48. The van der Waals surface area contributed by atoms with Crippen molar-refractivity contribution in [1.29, 1.82) is 0 Å². The molecule has 0 heterocycles. The molecule has 0 saturated heterocycles. The largest absolute Gasteiger partial charge is 0.465 e. The Morgan fingerprint density at radius 3 is 2.20 bits per heavy atom. The second-order valence-electron chi connectivity index (χ2n) is 6.96. The molecule has 4 heteroatoms. The summed E-state index contributed by atoms with van der Waals surface area (Å²) in [5, 5.41) is 0. The van der Waals surface area contributed by atoms with Gasteiger partial charge in [0.1, 0.15) is 6.04 Å². The van der Waals surface area contributed by atoms with Gasteiger partial charge < -0.3 is 4.74 Å². The highest BCUT2D eigenvalue weighted by Gasteiger charge is 2.48. The van der Waals surface area contributed by atoms with Gasteiger partial charge in [0.2, 0.25) is 0 Å². The van der Waals surface area contributed by atoms with Crippen LogP contribution in [0.2, 0.25) is 0 Å². The molecular weight excluding hydrogens is 252 g/mol. The lowest BCUT2D eigenvalue weighted by molar-refractivity contribution is -0.146. The lowest BCUT2D eigenvalue weighted by Crippen LogP contribution is -2.60. The first-order valence-corrected chi connectivity index (χ1v) is 8.38. The SMILES string of the molecule is CCOC(=O)C(CC)NNC1C2CC3CC(C2)CC1C3. The van der Waals surface area contributed by atoms with Crippen LogP contribution in [0.15, 0.2) is 0 Å². The highest BCUT2D eigenvalue weighted by Crippen LogP contribution is 2.53. The molecule has 4 aliphatic carbocycles. The van der Waals surface area contributed by atoms with Crippen molar-refractivity contribution in [3.63, 3.8) is 0 Å². The van der Waals surface area contributed by atoms with Gasteiger partial charge in [0.25, 0.3) is 0 Å². The van der Waals surface area contributed by atoms with Gasteiger partial charge in [-0.15, -0.1) is 0 Å². The molecular formula is C16H28N2O2. The highest BCUT2D eigenvalue weighted by atomic mass is 16.5. The quantitative estimate of drug-likeness (QED) is 0.579. The van der Waals surface area contributed by atoms with Gasteiger partial charge in [-0.3, -0.25) is 10.2 Å². The van der Waals surface area contributed by atoms with E-state index in [1.54, 1.807) is 0 Å². The van der Waals surface area contributed by atoms with Crippen molar-refractivity contribution in [3.05, 3.63) is 0 Å². The molecule has 0 aliphatic heterocycles. The van der Waals surface area contributed by atoms with Crippen molar-refractivity contribution in [3.8, 4) is 0 Å². The van der Waals surface area contributed by atoms with E-state index in [0.29, 0.717) is 12.6 Å². The zero-order chi connectivity index (χ0) is 14.1. The normalized spacial score (nSPS) is 39.8. The first-order valence-electron chi connectivity index (χ1n) is 8.38. The van der Waals surface area contributed by atoms with E-state index in [4.69, 9.17) is 4.74 Å². The summed E-state index contributed by atoms with van der Waals surface area (Å²) < 4.78 is 5.11. The van der Waals surface area contributed by atoms with Gasteiger partial charge in [0.05, 0.1) is 6.61 Å². The third-order valence-electron chi connectivity index (χ3n) is 5.63. The van der Waals surface area contributed by atoms with E-state index in [0.717, 1.165) is 30.1 Å². The minimum Gasteiger partial charge on any atom is -0.465 e. The monoisotopic (exact) mass is 280 g/mol. The number of rotatable bonds is 6. The van der Waals surface area contributed by atoms with Gasteiger partial charge in [-0.1, -0.05) is 6.92 Å². The molecule has 4 aliphatic rings. The number of hydrazine groups is 1. The molecule has 114 valence electrons. The number of ether oxygens (including phenoxy) is 1. The van der Waals surface area contributed by atoms with Crippen molar-refractivity contribution in [2.45, 2.75) is 64.5 Å². The van der Waals surface area contributed by atoms with Gasteiger partial charge in [-0.05, 0) is 69.1 Å². The zero-order valence-electron chi connectivity index (χ0n) is 12.7. The molecule has 4 saturated carbocycles. The number of carbonyl (C=O) groups is 1. The van der Waals surface area contributed by atoms with Crippen molar-refractivity contribution >= 4 is 5.97 Å². The average molecular weight is 280 g/mol. The fourth-order valence-electron chi connectivity index (χ4n) is 4.93. The number of nitrogens with one attached hydrogen (secondary N) is 2. The van der Waals surface area contributed by atoms with Gasteiger partial charge in [-0.2, -0.15) is 0 Å². The maximum absolute atomic E-state index is 11.8. The van der Waals surface area contributed by atoms with Crippen LogP contribution in [-0.4, -0.2) is 24.7 Å². The number of hydrogen-bond acceptors (Lipinski definition) is 4. The fourth-order valence-corrected chi connectivity index (χ4v) is 4.93. The van der Waals surface area contributed by atoms with E-state index in [9.17, 15) is 4.79 Å². The summed E-state index contributed by atoms with van der Waals surface area (Å²) in [5.41, 5.74) is 6.76. The highest BCUT2D eigenvalue weighted by molar-refractivity contribution is 5.75. The predicted octanol–water partition coefficient (Wildman–Crippen LogP) is 2.25. The van der Waals surface area contributed by atoms with Gasteiger partial charge in [-0.25, -0.2) is 5.43 Å². The van der Waals surface area contributed by atoms with Gasteiger partial charge in [0, 0.05) is 6.04 Å². The van der Waals surface area contributed by atoms with E-state index in [-0.39, 0.29) is 12.0 Å². The van der Waals surface area contributed by atoms with Crippen molar-refractivity contribution in [2.24, 2.45) is 23.7 Å². The standard InChI is InChI=1S/C16H28N2O2/c1-3-14(16(19)20-4-2)17-18-15-12-6-10-5-11(8-12)9-13(15)7-10/h10-15,17-18H,3-9H2,1-2H3. The summed E-state index contributed by atoms with van der Waals surface area (Å²) in [4.78, 5) is 11.8. The van der Waals surface area contributed by atoms with Crippen LogP contribution >= 0.6 is 0 Å². The summed E-state index contributed by atoms with van der Waals surface area (Å²) in [6.45, 7) is 4.33. The minimum absolute atomic E-state index is 0.133. The first kappa shape index (κ1) is 14.3. The Labute approximate surface area is 122 Å². The van der Waals surface area contributed by atoms with Crippen molar-refractivity contribution in [1.82, 2.24) is 10.9 Å². The predicted molar refractivity (Wildman–Crippen MR) is 77.8 cm³/mol. The molecule has 0 aromatic rings. The van der Waals surface area contributed by atoms with E-state index in [1.807, 2.05) is 13.8 Å². The first-order chi connectivity index (χ1) is 9.71. The molecule has 0 aromatic carbocycles. The summed E-state index contributed by atoms with van der Waals surface area (Å²) in [6.07, 6.45) is 7.81. The van der Waals surface area contributed by atoms with E-state index in [1.165, 1.54) is 32.1 Å². The molecule has 4 rings (SSSR count). The fraction of sp³-hybridized carbons (Fsp3) is 0.938. The Bertz CT molecular complexity index is 330. The molecule has 20 heavy (non-hydrogen) atoms. The van der Waals surface area contributed by atoms with Crippen LogP contribution in [0.4, 0.5) is 0 Å². The number of hydrogen-bond donors (Lipinski definition) is 2. The van der Waals surface area contributed by atoms with Crippen LogP contribution in [0, 0.1) is 23.7 Å². The Hall–Kier alpha value is -0.610. The molecule has 4 bridgehead atoms. The molecule has 4 nitrogen and oxygen atoms in total. The van der Waals surface area contributed by atoms with Gasteiger partial charge >= 0.3 is 5.97 Å². The second-order valence-corrected chi connectivity index (χ2v) is 6.96. The Kier molecular flexibility index (Phi) is 4.32. The van der Waals surface area contributed by atoms with Crippen LogP contribution in [-0.2, 0) is 9.53 Å². The van der Waals surface area contributed by atoms with Crippen molar-refractivity contribution in [2.75, 3.05) is 6.61 Å². The van der Waals surface area contributed by atoms with Crippen LogP contribution in [0.1, 0.15) is 52.4 Å². The summed E-state index contributed by atoms with van der Waals surface area (Å²) >= 11 is 0. The smallest absolute Gasteiger partial charge is 0.324 e. The van der Waals surface area contributed by atoms with Crippen molar-refractivity contribution < 1.29 is 9.53 Å². The summed E-state index contributed by atoms with van der Waals surface area (Å²) in [6, 6.07) is 0.346. The Morgan fingerprint density at radius 1 is 1.10 bits per heavy atom. The third kappa shape index (κ3) is 2.73. The zero-order valence-corrected chi connectivity index (χ0v) is 12.7. The van der Waals surface area contributed by atoms with E-state index in [2.05, 4.69) is 10.9 Å².